The molecule has 8 heteroatoms. The number of halogens is 1. The van der Waals surface area contributed by atoms with Gasteiger partial charge in [0.2, 0.25) is 0 Å². The largest absolute Gasteiger partial charge is 0.491 e. The fourth-order valence-corrected chi connectivity index (χ4v) is 2.55. The van der Waals surface area contributed by atoms with Gasteiger partial charge in [-0.1, -0.05) is 12.1 Å². The lowest BCUT2D eigenvalue weighted by molar-refractivity contribution is 0.0376. The molecule has 0 amide bonds. The minimum absolute atomic E-state index is 0. The number of morpholine rings is 1. The molecule has 1 aliphatic heterocycles. The van der Waals surface area contributed by atoms with Gasteiger partial charge in [0.15, 0.2) is 5.96 Å². The van der Waals surface area contributed by atoms with Gasteiger partial charge in [0.05, 0.1) is 26.4 Å². The van der Waals surface area contributed by atoms with E-state index in [1.54, 1.807) is 7.11 Å². The Morgan fingerprint density at radius 1 is 1.31 bits per heavy atom. The second-order valence-corrected chi connectivity index (χ2v) is 5.92. The van der Waals surface area contributed by atoms with Gasteiger partial charge in [-0.25, -0.2) is 4.99 Å². The number of nitrogens with zero attached hydrogens (tertiary/aromatic N) is 2. The van der Waals surface area contributed by atoms with E-state index in [1.807, 2.05) is 24.3 Å². The molecule has 1 saturated heterocycles. The first kappa shape index (κ1) is 22.9. The number of guanidine groups is 1. The Bertz CT molecular complexity index is 525. The monoisotopic (exact) mass is 478 g/mol. The third kappa shape index (κ3) is 9.56. The molecule has 1 aromatic carbocycles. The molecular weight excluding hydrogens is 447 g/mol. The molecule has 148 valence electrons. The summed E-state index contributed by atoms with van der Waals surface area (Å²) in [6, 6.07) is 7.87. The Morgan fingerprint density at radius 2 is 2.12 bits per heavy atom. The maximum absolute atomic E-state index is 5.93. The lowest BCUT2D eigenvalue weighted by Gasteiger charge is -2.26. The van der Waals surface area contributed by atoms with Crippen LogP contribution in [-0.2, 0) is 16.0 Å². The molecule has 1 aromatic rings. The zero-order valence-corrected chi connectivity index (χ0v) is 17.8. The molecule has 7 nitrogen and oxygen atoms in total. The van der Waals surface area contributed by atoms with Crippen molar-refractivity contribution in [2.45, 2.75) is 13.0 Å². The van der Waals surface area contributed by atoms with Crippen LogP contribution in [0.25, 0.3) is 0 Å². The van der Waals surface area contributed by atoms with Crippen LogP contribution in [-0.4, -0.2) is 70.6 Å². The number of hydrogen-bond donors (Lipinski definition) is 2. The fourth-order valence-electron chi connectivity index (χ4n) is 2.55. The first-order valence-electron chi connectivity index (χ1n) is 8.82. The Morgan fingerprint density at radius 3 is 2.88 bits per heavy atom. The van der Waals surface area contributed by atoms with E-state index < -0.39 is 0 Å². The van der Waals surface area contributed by atoms with Crippen molar-refractivity contribution >= 4 is 29.9 Å². The molecule has 2 rings (SSSR count). The van der Waals surface area contributed by atoms with Crippen LogP contribution < -0.4 is 15.8 Å². The quantitative estimate of drug-likeness (QED) is 0.230. The smallest absolute Gasteiger partial charge is 0.188 e. The van der Waals surface area contributed by atoms with Crippen LogP contribution in [0.2, 0.25) is 0 Å². The number of rotatable bonds is 10. The van der Waals surface area contributed by atoms with Crippen molar-refractivity contribution in [3.63, 3.8) is 0 Å². The topological polar surface area (TPSA) is 81.3 Å². The highest BCUT2D eigenvalue weighted by Crippen LogP contribution is 2.13. The molecule has 0 spiro atoms. The molecule has 0 aromatic heterocycles. The minimum Gasteiger partial charge on any atom is -0.491 e. The molecule has 0 bridgehead atoms. The fraction of sp³-hybridized carbons (Fsp3) is 0.611. The summed E-state index contributed by atoms with van der Waals surface area (Å²) in [5, 5.41) is 3.17. The molecule has 0 aliphatic carbocycles. The summed E-state index contributed by atoms with van der Waals surface area (Å²) in [5.41, 5.74) is 7.00. The number of hydrogen-bond acceptors (Lipinski definition) is 5. The first-order chi connectivity index (χ1) is 12.3. The van der Waals surface area contributed by atoms with Gasteiger partial charge >= 0.3 is 0 Å². The van der Waals surface area contributed by atoms with E-state index >= 15 is 0 Å². The highest BCUT2D eigenvalue weighted by molar-refractivity contribution is 14.0. The summed E-state index contributed by atoms with van der Waals surface area (Å²) in [4.78, 5) is 6.80. The van der Waals surface area contributed by atoms with Crippen LogP contribution in [0.1, 0.15) is 12.0 Å². The number of ether oxygens (including phenoxy) is 3. The van der Waals surface area contributed by atoms with Crippen LogP contribution >= 0.6 is 24.0 Å². The summed E-state index contributed by atoms with van der Waals surface area (Å²) in [7, 11) is 1.66. The van der Waals surface area contributed by atoms with Crippen LogP contribution in [0.15, 0.2) is 29.3 Å². The molecule has 0 atom stereocenters. The number of benzene rings is 1. The van der Waals surface area contributed by atoms with E-state index in [0.29, 0.717) is 25.7 Å². The lowest BCUT2D eigenvalue weighted by Crippen LogP contribution is -2.39. The second-order valence-electron chi connectivity index (χ2n) is 5.92. The van der Waals surface area contributed by atoms with E-state index in [1.165, 1.54) is 0 Å². The summed E-state index contributed by atoms with van der Waals surface area (Å²) in [6.45, 7) is 7.25. The molecular formula is C18H31IN4O3. The zero-order chi connectivity index (χ0) is 17.7. The van der Waals surface area contributed by atoms with Crippen molar-refractivity contribution in [2.24, 2.45) is 10.7 Å². The van der Waals surface area contributed by atoms with Gasteiger partial charge in [-0.2, -0.15) is 0 Å². The van der Waals surface area contributed by atoms with Gasteiger partial charge in [-0.15, -0.1) is 24.0 Å². The summed E-state index contributed by atoms with van der Waals surface area (Å²) < 4.78 is 15.9. The molecule has 1 heterocycles. The Hall–Kier alpha value is -1.10. The van der Waals surface area contributed by atoms with Crippen molar-refractivity contribution in [3.8, 4) is 5.75 Å². The second kappa shape index (κ2) is 14.0. The predicted octanol–water partition coefficient (Wildman–Crippen LogP) is 1.46. The van der Waals surface area contributed by atoms with E-state index in [9.17, 15) is 0 Å². The predicted molar refractivity (Wildman–Crippen MR) is 114 cm³/mol. The standard InChI is InChI=1S/C18H30N4O3.HI/c1-23-12-13-25-17-5-2-4-16(14-17)15-21-18(19)20-6-3-7-22-8-10-24-11-9-22;/h2,4-5,14H,3,6-13,15H2,1H3,(H3,19,20,21);1H. The van der Waals surface area contributed by atoms with Crippen LogP contribution in [0.3, 0.4) is 0 Å². The summed E-state index contributed by atoms with van der Waals surface area (Å²) in [5.74, 6) is 1.30. The van der Waals surface area contributed by atoms with E-state index in [0.717, 1.165) is 57.1 Å². The van der Waals surface area contributed by atoms with Crippen molar-refractivity contribution in [1.82, 2.24) is 10.2 Å². The SMILES string of the molecule is COCCOc1cccc(CN=C(N)NCCCN2CCOCC2)c1.I. The first-order valence-corrected chi connectivity index (χ1v) is 8.82. The lowest BCUT2D eigenvalue weighted by atomic mass is 10.2. The molecule has 26 heavy (non-hydrogen) atoms. The Labute approximate surface area is 173 Å². The van der Waals surface area contributed by atoms with Crippen molar-refractivity contribution in [1.29, 1.82) is 0 Å². The van der Waals surface area contributed by atoms with Gasteiger partial charge in [-0.3, -0.25) is 4.90 Å². The van der Waals surface area contributed by atoms with Crippen molar-refractivity contribution < 1.29 is 14.2 Å². The normalized spacial score (nSPS) is 15.3. The van der Waals surface area contributed by atoms with Gasteiger partial charge in [-0.05, 0) is 30.7 Å². The maximum atomic E-state index is 5.93. The maximum Gasteiger partial charge on any atom is 0.188 e. The average Bonchev–Trinajstić information content (AvgIpc) is 2.65. The minimum atomic E-state index is 0. The van der Waals surface area contributed by atoms with E-state index in [2.05, 4.69) is 15.2 Å². The third-order valence-electron chi connectivity index (χ3n) is 3.95. The number of nitrogens with two attached hydrogens (primary N) is 1. The van der Waals surface area contributed by atoms with Gasteiger partial charge in [0.1, 0.15) is 12.4 Å². The third-order valence-corrected chi connectivity index (χ3v) is 3.95. The van der Waals surface area contributed by atoms with Gasteiger partial charge in [0.25, 0.3) is 0 Å². The molecule has 0 unspecified atom stereocenters. The van der Waals surface area contributed by atoms with Crippen molar-refractivity contribution in [3.05, 3.63) is 29.8 Å². The number of methoxy groups -OCH3 is 1. The summed E-state index contributed by atoms with van der Waals surface area (Å²) in [6.07, 6.45) is 1.04. The van der Waals surface area contributed by atoms with Gasteiger partial charge < -0.3 is 25.3 Å². The van der Waals surface area contributed by atoms with E-state index in [4.69, 9.17) is 19.9 Å². The highest BCUT2D eigenvalue weighted by Gasteiger charge is 2.08. The average molecular weight is 478 g/mol. The molecule has 0 saturated carbocycles. The molecule has 3 N–H and O–H groups in total. The van der Waals surface area contributed by atoms with Crippen LogP contribution in [0, 0.1) is 0 Å². The van der Waals surface area contributed by atoms with Crippen molar-refractivity contribution in [2.75, 3.05) is 59.7 Å². The Balaban J connectivity index is 0.00000338. The van der Waals surface area contributed by atoms with E-state index in [-0.39, 0.29) is 24.0 Å². The highest BCUT2D eigenvalue weighted by atomic mass is 127. The van der Waals surface area contributed by atoms with Gasteiger partial charge in [0, 0.05) is 26.7 Å². The van der Waals surface area contributed by atoms with Crippen LogP contribution in [0.5, 0.6) is 5.75 Å². The molecule has 1 aliphatic rings. The number of aliphatic imine (C=N–C) groups is 1. The molecule has 0 radical (unpaired) electrons. The zero-order valence-electron chi connectivity index (χ0n) is 15.5. The molecule has 1 fully saturated rings. The summed E-state index contributed by atoms with van der Waals surface area (Å²) >= 11 is 0. The van der Waals surface area contributed by atoms with Crippen LogP contribution in [0.4, 0.5) is 0 Å². The Kier molecular flexibility index (Phi) is 12.4. The number of nitrogens with one attached hydrogen (secondary N) is 1.